The molecule has 2 N–H and O–H groups in total. The molecule has 1 aromatic carbocycles. The van der Waals surface area contributed by atoms with Crippen molar-refractivity contribution in [3.8, 4) is 0 Å². The van der Waals surface area contributed by atoms with Gasteiger partial charge in [0.25, 0.3) is 0 Å². The van der Waals surface area contributed by atoms with Crippen molar-refractivity contribution in [1.82, 2.24) is 15.5 Å². The van der Waals surface area contributed by atoms with E-state index in [4.69, 9.17) is 0 Å². The van der Waals surface area contributed by atoms with Gasteiger partial charge in [0.2, 0.25) is 0 Å². The molecule has 6 nitrogen and oxygen atoms in total. The van der Waals surface area contributed by atoms with Crippen molar-refractivity contribution in [3.05, 3.63) is 29.3 Å². The molecular formula is C19H34N4O2S. The summed E-state index contributed by atoms with van der Waals surface area (Å²) in [5, 5.41) is 6.62. The van der Waals surface area contributed by atoms with Crippen LogP contribution >= 0.6 is 0 Å². The number of hydrogen-bond donors (Lipinski definition) is 2. The summed E-state index contributed by atoms with van der Waals surface area (Å²) in [5.74, 6) is 0.782. The molecule has 0 aliphatic heterocycles. The Morgan fingerprint density at radius 3 is 2.42 bits per heavy atom. The molecule has 26 heavy (non-hydrogen) atoms. The number of nitrogens with one attached hydrogen (secondary N) is 2. The lowest BCUT2D eigenvalue weighted by Gasteiger charge is -2.20. The molecule has 0 saturated carbocycles. The molecule has 0 heterocycles. The number of sulfone groups is 1. The molecule has 0 bridgehead atoms. The molecule has 0 atom stereocenters. The molecule has 1 aromatic rings. The van der Waals surface area contributed by atoms with Crippen LogP contribution in [-0.2, 0) is 16.4 Å². The Kier molecular flexibility index (Phi) is 9.65. The Morgan fingerprint density at radius 2 is 1.88 bits per heavy atom. The minimum Gasteiger partial charge on any atom is -0.357 e. The van der Waals surface area contributed by atoms with Gasteiger partial charge in [0, 0.05) is 25.9 Å². The van der Waals surface area contributed by atoms with Crippen LogP contribution in [0.2, 0.25) is 0 Å². The van der Waals surface area contributed by atoms with Crippen LogP contribution in [0.3, 0.4) is 0 Å². The second kappa shape index (κ2) is 11.2. The first-order valence-corrected chi connectivity index (χ1v) is 11.2. The number of aliphatic imine (C=N–C) groups is 1. The van der Waals surface area contributed by atoms with E-state index >= 15 is 0 Å². The summed E-state index contributed by atoms with van der Waals surface area (Å²) < 4.78 is 23.4. The molecule has 0 aliphatic carbocycles. The summed E-state index contributed by atoms with van der Waals surface area (Å²) >= 11 is 0. The molecule has 0 saturated heterocycles. The van der Waals surface area contributed by atoms with Gasteiger partial charge in [-0.05, 0) is 50.6 Å². The Labute approximate surface area is 159 Å². The molecule has 0 aliphatic rings. The third-order valence-electron chi connectivity index (χ3n) is 4.11. The highest BCUT2D eigenvalue weighted by atomic mass is 32.2. The summed E-state index contributed by atoms with van der Waals surface area (Å²) in [6.45, 7) is 13.5. The minimum atomic E-state index is -3.18. The lowest BCUT2D eigenvalue weighted by molar-refractivity contribution is 0.293. The summed E-state index contributed by atoms with van der Waals surface area (Å²) in [7, 11) is -3.18. The predicted molar refractivity (Wildman–Crippen MR) is 110 cm³/mol. The van der Waals surface area contributed by atoms with Crippen LogP contribution in [-0.4, -0.2) is 58.3 Å². The number of aryl methyl sites for hydroxylation is 1. The molecule has 7 heteroatoms. The summed E-state index contributed by atoms with van der Waals surface area (Å²) in [6.07, 6.45) is 2.39. The van der Waals surface area contributed by atoms with Gasteiger partial charge in [0.15, 0.2) is 15.8 Å². The maximum atomic E-state index is 11.7. The Morgan fingerprint density at radius 1 is 1.15 bits per heavy atom. The topological polar surface area (TPSA) is 73.8 Å². The van der Waals surface area contributed by atoms with Gasteiger partial charge >= 0.3 is 0 Å². The van der Waals surface area contributed by atoms with Crippen LogP contribution in [0.4, 0.5) is 0 Å². The smallest absolute Gasteiger partial charge is 0.191 e. The van der Waals surface area contributed by atoms with Crippen molar-refractivity contribution >= 4 is 15.8 Å². The zero-order valence-corrected chi connectivity index (χ0v) is 17.6. The fourth-order valence-corrected chi connectivity index (χ4v) is 3.77. The maximum Gasteiger partial charge on any atom is 0.191 e. The SMILES string of the molecule is CCCN(CC)CCNC(=NCc1ccc(S(C)(=O)=O)c(C)c1)NCC. The second-order valence-electron chi connectivity index (χ2n) is 6.43. The van der Waals surface area contributed by atoms with Crippen molar-refractivity contribution in [3.63, 3.8) is 0 Å². The predicted octanol–water partition coefficient (Wildman–Crippen LogP) is 2.19. The first-order valence-electron chi connectivity index (χ1n) is 9.35. The van der Waals surface area contributed by atoms with E-state index in [-0.39, 0.29) is 0 Å². The van der Waals surface area contributed by atoms with E-state index in [1.807, 2.05) is 26.0 Å². The average molecular weight is 383 g/mol. The maximum absolute atomic E-state index is 11.7. The molecular weight excluding hydrogens is 348 g/mol. The van der Waals surface area contributed by atoms with Gasteiger partial charge in [0.05, 0.1) is 11.4 Å². The van der Waals surface area contributed by atoms with Gasteiger partial charge in [0.1, 0.15) is 0 Å². The number of nitrogens with zero attached hydrogens (tertiary/aromatic N) is 2. The monoisotopic (exact) mass is 382 g/mol. The molecule has 0 aromatic heterocycles. The number of guanidine groups is 1. The lowest BCUT2D eigenvalue weighted by Crippen LogP contribution is -2.41. The number of hydrogen-bond acceptors (Lipinski definition) is 4. The first-order chi connectivity index (χ1) is 12.3. The molecule has 148 valence electrons. The van der Waals surface area contributed by atoms with Crippen molar-refractivity contribution in [2.75, 3.05) is 39.0 Å². The van der Waals surface area contributed by atoms with Crippen LogP contribution < -0.4 is 10.6 Å². The van der Waals surface area contributed by atoms with Gasteiger partial charge < -0.3 is 15.5 Å². The molecule has 0 unspecified atom stereocenters. The average Bonchev–Trinajstić information content (AvgIpc) is 2.57. The molecule has 1 rings (SSSR count). The number of rotatable bonds is 10. The summed E-state index contributed by atoms with van der Waals surface area (Å²) in [6, 6.07) is 5.39. The Bertz CT molecular complexity index is 687. The van der Waals surface area contributed by atoms with E-state index in [1.54, 1.807) is 6.07 Å². The van der Waals surface area contributed by atoms with E-state index < -0.39 is 9.84 Å². The van der Waals surface area contributed by atoms with E-state index in [0.29, 0.717) is 11.4 Å². The largest absolute Gasteiger partial charge is 0.357 e. The van der Waals surface area contributed by atoms with Crippen molar-refractivity contribution in [1.29, 1.82) is 0 Å². The third kappa shape index (κ3) is 7.74. The van der Waals surface area contributed by atoms with Gasteiger partial charge in [-0.1, -0.05) is 26.0 Å². The van der Waals surface area contributed by atoms with Crippen LogP contribution in [0.25, 0.3) is 0 Å². The fraction of sp³-hybridized carbons (Fsp3) is 0.632. The van der Waals surface area contributed by atoms with Crippen LogP contribution in [0.5, 0.6) is 0 Å². The van der Waals surface area contributed by atoms with Gasteiger partial charge in [-0.3, -0.25) is 0 Å². The molecule has 0 radical (unpaired) electrons. The van der Waals surface area contributed by atoms with Crippen LogP contribution in [0.1, 0.15) is 38.3 Å². The number of benzene rings is 1. The highest BCUT2D eigenvalue weighted by Gasteiger charge is 2.10. The Balaban J connectivity index is 2.70. The van der Waals surface area contributed by atoms with E-state index in [1.165, 1.54) is 6.26 Å². The molecule has 0 amide bonds. The number of likely N-dealkylation sites (N-methyl/N-ethyl adjacent to an activating group) is 1. The first kappa shape index (κ1) is 22.4. The standard InChI is InChI=1S/C19H34N4O2S/c1-6-12-23(8-3)13-11-21-19(20-7-2)22-15-17-9-10-18(16(4)14-17)26(5,24)25/h9-10,14H,6-8,11-13,15H2,1-5H3,(H2,20,21,22). The highest BCUT2D eigenvalue weighted by molar-refractivity contribution is 7.90. The van der Waals surface area contributed by atoms with Crippen molar-refractivity contribution in [2.24, 2.45) is 4.99 Å². The van der Waals surface area contributed by atoms with Crippen LogP contribution in [0, 0.1) is 6.92 Å². The van der Waals surface area contributed by atoms with E-state index in [2.05, 4.69) is 34.4 Å². The Hall–Kier alpha value is -1.60. The molecule has 0 spiro atoms. The van der Waals surface area contributed by atoms with Gasteiger partial charge in [-0.2, -0.15) is 0 Å². The van der Waals surface area contributed by atoms with Gasteiger partial charge in [-0.25, -0.2) is 13.4 Å². The zero-order valence-electron chi connectivity index (χ0n) is 16.8. The van der Waals surface area contributed by atoms with E-state index in [0.717, 1.165) is 56.2 Å². The molecule has 0 fully saturated rings. The quantitative estimate of drug-likeness (QED) is 0.479. The third-order valence-corrected chi connectivity index (χ3v) is 5.37. The summed E-state index contributed by atoms with van der Waals surface area (Å²) in [5.41, 5.74) is 1.75. The van der Waals surface area contributed by atoms with Crippen molar-refractivity contribution in [2.45, 2.75) is 45.6 Å². The highest BCUT2D eigenvalue weighted by Crippen LogP contribution is 2.17. The van der Waals surface area contributed by atoms with Gasteiger partial charge in [-0.15, -0.1) is 0 Å². The lowest BCUT2D eigenvalue weighted by atomic mass is 10.1. The fourth-order valence-electron chi connectivity index (χ4n) is 2.81. The summed E-state index contributed by atoms with van der Waals surface area (Å²) in [4.78, 5) is 7.40. The van der Waals surface area contributed by atoms with Crippen LogP contribution in [0.15, 0.2) is 28.1 Å². The second-order valence-corrected chi connectivity index (χ2v) is 8.41. The normalized spacial score (nSPS) is 12.5. The zero-order chi connectivity index (χ0) is 19.6. The minimum absolute atomic E-state index is 0.380. The van der Waals surface area contributed by atoms with Crippen molar-refractivity contribution < 1.29 is 8.42 Å². The van der Waals surface area contributed by atoms with E-state index in [9.17, 15) is 8.42 Å².